The van der Waals surface area contributed by atoms with Crippen molar-refractivity contribution in [3.05, 3.63) is 10.2 Å². The molecule has 108 valence electrons. The van der Waals surface area contributed by atoms with Crippen molar-refractivity contribution in [3.8, 4) is 0 Å². The van der Waals surface area contributed by atoms with Gasteiger partial charge in [-0.25, -0.2) is 15.0 Å². The zero-order valence-corrected chi connectivity index (χ0v) is 15.4. The van der Waals surface area contributed by atoms with Gasteiger partial charge in [0, 0.05) is 22.6 Å². The first-order valence-electron chi connectivity index (χ1n) is 6.22. The number of nitrogens with zero attached hydrogens (tertiary/aromatic N) is 4. The number of halogens is 1. The maximum Gasteiger partial charge on any atom is 0.239 e. The summed E-state index contributed by atoms with van der Waals surface area (Å²) in [5.41, 5.74) is 6.63. The van der Waals surface area contributed by atoms with E-state index in [0.717, 1.165) is 3.83 Å². The van der Waals surface area contributed by atoms with Gasteiger partial charge in [-0.05, 0) is 18.9 Å². The Morgan fingerprint density at radius 1 is 1.25 bits per heavy atom. The first-order valence-corrected chi connectivity index (χ1v) is 8.20. The van der Waals surface area contributed by atoms with Crippen molar-refractivity contribution < 1.29 is 4.43 Å². The quantitative estimate of drug-likeness (QED) is 0.484. The molecule has 2 N–H and O–H groups in total. The van der Waals surface area contributed by atoms with E-state index in [-0.39, 0.29) is 5.04 Å². The topological polar surface area (TPSA) is 78.9 Å². The third-order valence-corrected chi connectivity index (χ3v) is 4.51. The summed E-state index contributed by atoms with van der Waals surface area (Å²) in [7, 11) is 0.369. The molecule has 0 spiro atoms. The molecule has 20 heavy (non-hydrogen) atoms. The summed E-state index contributed by atoms with van der Waals surface area (Å²) in [6.07, 6.45) is 1.45. The maximum absolute atomic E-state index is 6.11. The van der Waals surface area contributed by atoms with Crippen LogP contribution in [0.5, 0.6) is 0 Å². The van der Waals surface area contributed by atoms with Gasteiger partial charge < -0.3 is 10.2 Å². The average molecular weight is 403 g/mol. The molecule has 0 amide bonds. The van der Waals surface area contributed by atoms with Gasteiger partial charge in [0.25, 0.3) is 0 Å². The van der Waals surface area contributed by atoms with Crippen LogP contribution in [0.1, 0.15) is 34.6 Å². The summed E-state index contributed by atoms with van der Waals surface area (Å²) in [5, 5.41) is 0.118. The lowest BCUT2D eigenvalue weighted by atomic mass is 10.3. The summed E-state index contributed by atoms with van der Waals surface area (Å²) in [6.45, 7) is 10.5. The molecule has 0 aliphatic carbocycles. The zero-order valence-electron chi connectivity index (χ0n) is 12.2. The van der Waals surface area contributed by atoms with E-state index >= 15 is 0 Å². The minimum Gasteiger partial charge on any atom is -0.395 e. The fourth-order valence-corrected chi connectivity index (χ4v) is 3.38. The minimum absolute atomic E-state index is 0.118. The van der Waals surface area contributed by atoms with Gasteiger partial charge in [-0.3, -0.25) is 4.57 Å². The number of fused-ring (bicyclic) bond motifs is 1. The Balaban J connectivity index is 2.46. The van der Waals surface area contributed by atoms with Crippen molar-refractivity contribution in [1.29, 1.82) is 0 Å². The lowest BCUT2D eigenvalue weighted by Gasteiger charge is -2.31. The molecule has 6 nitrogen and oxygen atoms in total. The van der Waals surface area contributed by atoms with Crippen LogP contribution in [0.3, 0.4) is 0 Å². The van der Waals surface area contributed by atoms with Gasteiger partial charge in [0.15, 0.2) is 20.8 Å². The van der Waals surface area contributed by atoms with Gasteiger partial charge in [0.1, 0.15) is 12.1 Å². The minimum atomic E-state index is -0.544. The van der Waals surface area contributed by atoms with Crippen molar-refractivity contribution in [2.75, 3.05) is 5.73 Å². The Morgan fingerprint density at radius 2 is 1.90 bits per heavy atom. The molecule has 0 aliphatic rings. The summed E-state index contributed by atoms with van der Waals surface area (Å²) >= 11 is 2.17. The molecular weight excluding hydrogens is 385 g/mol. The Labute approximate surface area is 134 Å². The van der Waals surface area contributed by atoms with E-state index in [9.17, 15) is 0 Å². The van der Waals surface area contributed by atoms with Crippen LogP contribution in [0.4, 0.5) is 5.82 Å². The van der Waals surface area contributed by atoms with Crippen LogP contribution in [-0.2, 0) is 10.2 Å². The number of aromatic nitrogens is 4. The fourth-order valence-electron chi connectivity index (χ4n) is 1.68. The molecule has 2 aromatic heterocycles. The highest BCUT2D eigenvalue weighted by atomic mass is 127. The monoisotopic (exact) mass is 403 g/mol. The van der Waals surface area contributed by atoms with Gasteiger partial charge in [0.2, 0.25) is 9.76 Å². The average Bonchev–Trinajstić information content (AvgIpc) is 2.64. The lowest BCUT2D eigenvalue weighted by molar-refractivity contribution is 0.0313. The third-order valence-electron chi connectivity index (χ3n) is 2.58. The Bertz CT molecular complexity index is 635. The summed E-state index contributed by atoms with van der Waals surface area (Å²) < 4.78 is 8.86. The first-order chi connectivity index (χ1) is 9.12. The second kappa shape index (κ2) is 5.23. The molecule has 0 fully saturated rings. The standard InChI is InChI=1S/C12H18IN5OSi/c1-11(2,3)20-19-12(4,5)18-9-7(17-10(18)13)8(14)15-6-16-9/h6H,1-5H3,(H2,14,15,16). The van der Waals surface area contributed by atoms with Crippen molar-refractivity contribution in [2.45, 2.75) is 45.4 Å². The van der Waals surface area contributed by atoms with Gasteiger partial charge in [0.05, 0.1) is 0 Å². The molecule has 0 aromatic carbocycles. The maximum atomic E-state index is 6.11. The molecule has 0 saturated heterocycles. The Hall–Kier alpha value is -0.743. The highest BCUT2D eigenvalue weighted by molar-refractivity contribution is 14.1. The summed E-state index contributed by atoms with van der Waals surface area (Å²) in [6, 6.07) is 0. The molecule has 0 saturated carbocycles. The van der Waals surface area contributed by atoms with Crippen LogP contribution in [-0.4, -0.2) is 29.3 Å². The number of nitrogen functional groups attached to an aromatic ring is 1. The van der Waals surface area contributed by atoms with Gasteiger partial charge in [-0.1, -0.05) is 20.8 Å². The summed E-state index contributed by atoms with van der Waals surface area (Å²) in [5.74, 6) is 0.390. The van der Waals surface area contributed by atoms with Crippen molar-refractivity contribution in [1.82, 2.24) is 19.5 Å². The van der Waals surface area contributed by atoms with E-state index in [1.165, 1.54) is 6.33 Å². The molecule has 0 unspecified atom stereocenters. The van der Waals surface area contributed by atoms with Crippen molar-refractivity contribution in [2.24, 2.45) is 0 Å². The van der Waals surface area contributed by atoms with Crippen LogP contribution in [0, 0.1) is 3.83 Å². The second-order valence-electron chi connectivity index (χ2n) is 6.05. The predicted octanol–water partition coefficient (Wildman–Crippen LogP) is 2.56. The SMILES string of the molecule is CC(C)(C)[Si]OC(C)(C)n1c(I)nc2c(N)ncnc21. The van der Waals surface area contributed by atoms with E-state index in [0.29, 0.717) is 26.7 Å². The number of nitrogens with two attached hydrogens (primary N) is 1. The van der Waals surface area contributed by atoms with E-state index in [1.54, 1.807) is 0 Å². The molecule has 8 heteroatoms. The molecule has 0 bridgehead atoms. The van der Waals surface area contributed by atoms with Crippen molar-refractivity contribution >= 4 is 49.3 Å². The number of anilines is 1. The van der Waals surface area contributed by atoms with Crippen molar-refractivity contribution in [3.63, 3.8) is 0 Å². The van der Waals surface area contributed by atoms with Crippen LogP contribution in [0.25, 0.3) is 11.2 Å². The molecule has 2 heterocycles. The van der Waals surface area contributed by atoms with E-state index < -0.39 is 5.72 Å². The van der Waals surface area contributed by atoms with E-state index in [1.807, 2.05) is 18.4 Å². The number of imidazole rings is 1. The first kappa shape index (κ1) is 15.6. The largest absolute Gasteiger partial charge is 0.395 e. The highest BCUT2D eigenvalue weighted by Gasteiger charge is 2.29. The Morgan fingerprint density at radius 3 is 2.50 bits per heavy atom. The number of hydrogen-bond acceptors (Lipinski definition) is 5. The van der Waals surface area contributed by atoms with Crippen LogP contribution < -0.4 is 5.73 Å². The van der Waals surface area contributed by atoms with E-state index in [2.05, 4.69) is 58.3 Å². The Kier molecular flexibility index (Phi) is 4.09. The smallest absolute Gasteiger partial charge is 0.239 e. The van der Waals surface area contributed by atoms with Gasteiger partial charge >= 0.3 is 0 Å². The van der Waals surface area contributed by atoms with Gasteiger partial charge in [-0.15, -0.1) is 0 Å². The van der Waals surface area contributed by atoms with Crippen LogP contribution in [0.2, 0.25) is 5.04 Å². The third kappa shape index (κ3) is 3.12. The molecule has 2 rings (SSSR count). The number of hydrogen-bond donors (Lipinski definition) is 1. The fraction of sp³-hybridized carbons (Fsp3) is 0.583. The molecule has 0 atom stereocenters. The second-order valence-corrected chi connectivity index (χ2v) is 8.92. The van der Waals surface area contributed by atoms with Gasteiger partial charge in [-0.2, -0.15) is 0 Å². The predicted molar refractivity (Wildman–Crippen MR) is 88.3 cm³/mol. The molecule has 2 aromatic rings. The van der Waals surface area contributed by atoms with Crippen LogP contribution in [0.15, 0.2) is 6.33 Å². The molecule has 0 aliphatic heterocycles. The van der Waals surface area contributed by atoms with Crippen LogP contribution >= 0.6 is 22.6 Å². The molecule has 2 radical (unpaired) electrons. The molecular formula is C12H18IN5OSi. The van der Waals surface area contributed by atoms with E-state index in [4.69, 9.17) is 10.2 Å². The zero-order chi connectivity index (χ0) is 15.1. The lowest BCUT2D eigenvalue weighted by Crippen LogP contribution is -2.34. The summed E-state index contributed by atoms with van der Waals surface area (Å²) in [4.78, 5) is 12.7. The number of rotatable bonds is 3. The highest BCUT2D eigenvalue weighted by Crippen LogP contribution is 2.30. The normalized spacial score (nSPS) is 13.1.